The second-order valence-electron chi connectivity index (χ2n) is 5.00. The Labute approximate surface area is 114 Å². The fourth-order valence-corrected chi connectivity index (χ4v) is 2.02. The van der Waals surface area contributed by atoms with Gasteiger partial charge in [0, 0.05) is 0 Å². The lowest BCUT2D eigenvalue weighted by Crippen LogP contribution is -2.11. The number of ether oxygens (including phenoxy) is 1. The molecule has 1 atom stereocenters. The lowest BCUT2D eigenvalue weighted by atomic mass is 10.0. The first-order valence-corrected chi connectivity index (χ1v) is 6.51. The number of aliphatic hydroxyl groups is 1. The summed E-state index contributed by atoms with van der Waals surface area (Å²) in [7, 11) is 0. The second-order valence-corrected chi connectivity index (χ2v) is 5.00. The van der Waals surface area contributed by atoms with Gasteiger partial charge in [0.15, 0.2) is 0 Å². The van der Waals surface area contributed by atoms with Crippen molar-refractivity contribution < 1.29 is 9.84 Å². The van der Waals surface area contributed by atoms with Crippen molar-refractivity contribution in [3.8, 4) is 5.75 Å². The number of benzene rings is 2. The molecule has 1 unspecified atom stereocenters. The fraction of sp³-hybridized carbons (Fsp3) is 0.294. The van der Waals surface area contributed by atoms with Crippen LogP contribution in [0.5, 0.6) is 5.75 Å². The van der Waals surface area contributed by atoms with E-state index in [9.17, 15) is 5.11 Å². The van der Waals surface area contributed by atoms with E-state index in [0.29, 0.717) is 0 Å². The minimum Gasteiger partial charge on any atom is -0.491 e. The van der Waals surface area contributed by atoms with E-state index in [4.69, 9.17) is 4.74 Å². The molecule has 0 aromatic heterocycles. The molecule has 0 fully saturated rings. The highest BCUT2D eigenvalue weighted by atomic mass is 16.5. The first kappa shape index (κ1) is 13.6. The maximum atomic E-state index is 10.2. The van der Waals surface area contributed by atoms with Crippen LogP contribution in [0, 0.1) is 20.8 Å². The molecule has 0 radical (unpaired) electrons. The Morgan fingerprint density at radius 3 is 2.26 bits per heavy atom. The molecule has 0 aliphatic heterocycles. The van der Waals surface area contributed by atoms with Gasteiger partial charge in [0.2, 0.25) is 0 Å². The molecule has 0 spiro atoms. The summed E-state index contributed by atoms with van der Waals surface area (Å²) in [6, 6.07) is 13.9. The quantitative estimate of drug-likeness (QED) is 0.903. The normalized spacial score (nSPS) is 12.2. The molecule has 2 nitrogen and oxygen atoms in total. The number of aliphatic hydroxyl groups excluding tert-OH is 1. The van der Waals surface area contributed by atoms with Crippen LogP contribution in [0.15, 0.2) is 42.5 Å². The molecule has 100 valence electrons. The van der Waals surface area contributed by atoms with Crippen molar-refractivity contribution in [3.63, 3.8) is 0 Å². The Hall–Kier alpha value is -1.80. The lowest BCUT2D eigenvalue weighted by molar-refractivity contribution is 0.107. The van der Waals surface area contributed by atoms with E-state index in [1.165, 1.54) is 5.56 Å². The monoisotopic (exact) mass is 256 g/mol. The predicted molar refractivity (Wildman–Crippen MR) is 77.5 cm³/mol. The van der Waals surface area contributed by atoms with Gasteiger partial charge in [-0.25, -0.2) is 0 Å². The Bertz CT molecular complexity index is 544. The SMILES string of the molecule is Cc1ccc(OCC(O)c2cc(C)ccc2C)cc1. The predicted octanol–water partition coefficient (Wildman–Crippen LogP) is 3.72. The van der Waals surface area contributed by atoms with Crippen LogP contribution in [-0.2, 0) is 0 Å². The lowest BCUT2D eigenvalue weighted by Gasteiger charge is -2.15. The van der Waals surface area contributed by atoms with Gasteiger partial charge in [-0.05, 0) is 44.0 Å². The van der Waals surface area contributed by atoms with Crippen molar-refractivity contribution in [2.24, 2.45) is 0 Å². The van der Waals surface area contributed by atoms with Gasteiger partial charge in [0.1, 0.15) is 18.5 Å². The third kappa shape index (κ3) is 3.58. The summed E-state index contributed by atoms with van der Waals surface area (Å²) in [6.45, 7) is 6.34. The molecule has 0 aliphatic rings. The van der Waals surface area contributed by atoms with Gasteiger partial charge in [-0.2, -0.15) is 0 Å². The molecule has 2 heteroatoms. The van der Waals surface area contributed by atoms with E-state index in [1.807, 2.05) is 63.2 Å². The summed E-state index contributed by atoms with van der Waals surface area (Å²) >= 11 is 0. The first-order valence-electron chi connectivity index (χ1n) is 6.51. The molecule has 0 saturated carbocycles. The van der Waals surface area contributed by atoms with E-state index >= 15 is 0 Å². The van der Waals surface area contributed by atoms with Crippen LogP contribution in [-0.4, -0.2) is 11.7 Å². The zero-order valence-corrected chi connectivity index (χ0v) is 11.7. The van der Waals surface area contributed by atoms with Crippen LogP contribution in [0.1, 0.15) is 28.4 Å². The summed E-state index contributed by atoms with van der Waals surface area (Å²) in [6.07, 6.45) is -0.596. The van der Waals surface area contributed by atoms with E-state index in [1.54, 1.807) is 0 Å². The molecule has 1 N–H and O–H groups in total. The number of hydrogen-bond acceptors (Lipinski definition) is 2. The number of rotatable bonds is 4. The van der Waals surface area contributed by atoms with Gasteiger partial charge in [-0.1, -0.05) is 41.5 Å². The standard InChI is InChI=1S/C17H20O2/c1-12-5-8-15(9-6-12)19-11-17(18)16-10-13(2)4-7-14(16)3/h4-10,17-18H,11H2,1-3H3. The maximum absolute atomic E-state index is 10.2. The minimum atomic E-state index is -0.596. The molecule has 2 rings (SSSR count). The molecule has 2 aromatic rings. The molecule has 2 aromatic carbocycles. The van der Waals surface area contributed by atoms with E-state index in [2.05, 4.69) is 0 Å². The van der Waals surface area contributed by atoms with Crippen molar-refractivity contribution in [2.75, 3.05) is 6.61 Å². The van der Waals surface area contributed by atoms with E-state index < -0.39 is 6.10 Å². The number of hydrogen-bond donors (Lipinski definition) is 1. The molecule has 0 amide bonds. The summed E-state index contributed by atoms with van der Waals surface area (Å²) in [5, 5.41) is 10.2. The fourth-order valence-electron chi connectivity index (χ4n) is 2.02. The van der Waals surface area contributed by atoms with Gasteiger partial charge >= 0.3 is 0 Å². The molecule has 19 heavy (non-hydrogen) atoms. The largest absolute Gasteiger partial charge is 0.491 e. The van der Waals surface area contributed by atoms with Crippen LogP contribution in [0.4, 0.5) is 0 Å². The molecule has 0 bridgehead atoms. The highest BCUT2D eigenvalue weighted by Gasteiger charge is 2.11. The Balaban J connectivity index is 2.03. The average Bonchev–Trinajstić information content (AvgIpc) is 2.40. The van der Waals surface area contributed by atoms with E-state index in [0.717, 1.165) is 22.4 Å². The third-order valence-corrected chi connectivity index (χ3v) is 3.22. The Morgan fingerprint density at radius 2 is 1.58 bits per heavy atom. The van der Waals surface area contributed by atoms with Gasteiger partial charge in [0.25, 0.3) is 0 Å². The summed E-state index contributed by atoms with van der Waals surface area (Å²) in [5.41, 5.74) is 4.37. The van der Waals surface area contributed by atoms with Crippen molar-refractivity contribution in [1.82, 2.24) is 0 Å². The highest BCUT2D eigenvalue weighted by Crippen LogP contribution is 2.21. The van der Waals surface area contributed by atoms with Gasteiger partial charge in [-0.15, -0.1) is 0 Å². The number of aryl methyl sites for hydroxylation is 3. The molecule has 0 heterocycles. The third-order valence-electron chi connectivity index (χ3n) is 3.22. The zero-order valence-electron chi connectivity index (χ0n) is 11.7. The van der Waals surface area contributed by atoms with Crippen LogP contribution in [0.2, 0.25) is 0 Å². The Morgan fingerprint density at radius 1 is 0.947 bits per heavy atom. The van der Waals surface area contributed by atoms with Crippen LogP contribution >= 0.6 is 0 Å². The average molecular weight is 256 g/mol. The first-order chi connectivity index (χ1) is 9.06. The van der Waals surface area contributed by atoms with E-state index in [-0.39, 0.29) is 6.61 Å². The van der Waals surface area contributed by atoms with Gasteiger partial charge < -0.3 is 9.84 Å². The smallest absolute Gasteiger partial charge is 0.119 e. The molecular formula is C17H20O2. The molecule has 0 aliphatic carbocycles. The highest BCUT2D eigenvalue weighted by molar-refractivity contribution is 5.32. The van der Waals surface area contributed by atoms with Crippen molar-refractivity contribution in [3.05, 3.63) is 64.7 Å². The second kappa shape index (κ2) is 5.89. The Kier molecular flexibility index (Phi) is 4.23. The van der Waals surface area contributed by atoms with Gasteiger partial charge in [0.05, 0.1) is 0 Å². The van der Waals surface area contributed by atoms with Crippen LogP contribution < -0.4 is 4.74 Å². The van der Waals surface area contributed by atoms with Crippen LogP contribution in [0.25, 0.3) is 0 Å². The van der Waals surface area contributed by atoms with Crippen molar-refractivity contribution in [2.45, 2.75) is 26.9 Å². The zero-order chi connectivity index (χ0) is 13.8. The summed E-state index contributed by atoms with van der Waals surface area (Å²) in [5.74, 6) is 0.787. The maximum Gasteiger partial charge on any atom is 0.119 e. The molecular weight excluding hydrogens is 236 g/mol. The molecule has 0 saturated heterocycles. The van der Waals surface area contributed by atoms with Gasteiger partial charge in [-0.3, -0.25) is 0 Å². The van der Waals surface area contributed by atoms with Crippen molar-refractivity contribution >= 4 is 0 Å². The van der Waals surface area contributed by atoms with Crippen molar-refractivity contribution in [1.29, 1.82) is 0 Å². The topological polar surface area (TPSA) is 29.5 Å². The van der Waals surface area contributed by atoms with Crippen LogP contribution in [0.3, 0.4) is 0 Å². The summed E-state index contributed by atoms with van der Waals surface area (Å²) in [4.78, 5) is 0. The minimum absolute atomic E-state index is 0.271. The summed E-state index contributed by atoms with van der Waals surface area (Å²) < 4.78 is 5.62.